The normalized spacial score (nSPS) is 11.7. The van der Waals surface area contributed by atoms with Crippen LogP contribution in [0.25, 0.3) is 0 Å². The molecular weight excluding hydrogens is 815 g/mol. The molecule has 0 saturated carbocycles. The van der Waals surface area contributed by atoms with Gasteiger partial charge in [0.05, 0.1) is 78.4 Å². The van der Waals surface area contributed by atoms with E-state index in [2.05, 4.69) is 41.3 Å². The summed E-state index contributed by atoms with van der Waals surface area (Å²) < 4.78 is 93.3. The van der Waals surface area contributed by atoms with Crippen LogP contribution >= 0.6 is 15.9 Å². The number of sulfonamides is 1. The van der Waals surface area contributed by atoms with Crippen LogP contribution in [-0.2, 0) is 43.3 Å². The highest BCUT2D eigenvalue weighted by molar-refractivity contribution is 9.10. The monoisotopic (exact) mass is 854 g/mol. The fraction of sp³-hybridized carbons (Fsp3) is 0.324. The molecule has 0 atom stereocenters. The number of ether oxygens (including phenoxy) is 4. The number of halogens is 2. The third-order valence-corrected chi connectivity index (χ3v) is 10.4. The Morgan fingerprint density at radius 1 is 0.741 bits per heavy atom. The molecule has 0 radical (unpaired) electrons. The molecule has 1 amide bonds. The topological polar surface area (TPSA) is 219 Å². The molecule has 4 aromatic rings. The minimum absolute atomic E-state index is 0.0184. The van der Waals surface area contributed by atoms with Gasteiger partial charge in [-0.2, -0.15) is 13.4 Å². The summed E-state index contributed by atoms with van der Waals surface area (Å²) in [5.74, 6) is -1.36. The van der Waals surface area contributed by atoms with Crippen LogP contribution in [0.4, 0.5) is 27.5 Å². The van der Waals surface area contributed by atoms with Crippen LogP contribution in [-0.4, -0.2) is 98.7 Å². The van der Waals surface area contributed by atoms with Crippen molar-refractivity contribution in [1.82, 2.24) is 14.7 Å². The highest BCUT2D eigenvalue weighted by Gasteiger charge is 2.17. The Balaban J connectivity index is 1.04. The van der Waals surface area contributed by atoms with Crippen LogP contribution < -0.4 is 21.1 Å². The molecule has 0 aliphatic rings. The average Bonchev–Trinajstić information content (AvgIpc) is 3.14. The smallest absolute Gasteiger partial charge is 0.296 e. The second-order valence-electron chi connectivity index (χ2n) is 11.0. The van der Waals surface area contributed by atoms with Gasteiger partial charge in [-0.1, -0.05) is 24.3 Å². The number of carbonyl (C=O) groups is 1. The Morgan fingerprint density at radius 2 is 1.37 bits per heavy atom. The summed E-state index contributed by atoms with van der Waals surface area (Å²) in [5.41, 5.74) is 5.62. The molecule has 0 saturated heterocycles. The summed E-state index contributed by atoms with van der Waals surface area (Å²) in [6.07, 6.45) is 1.86. The van der Waals surface area contributed by atoms with E-state index < -0.39 is 31.9 Å². The minimum atomic E-state index is -3.81. The van der Waals surface area contributed by atoms with Gasteiger partial charge >= 0.3 is 0 Å². The maximum atomic E-state index is 14.2. The molecule has 0 aliphatic carbocycles. The Bertz CT molecular complexity index is 2020. The van der Waals surface area contributed by atoms with Gasteiger partial charge in [0, 0.05) is 25.0 Å². The summed E-state index contributed by atoms with van der Waals surface area (Å²) >= 11 is 3.32. The van der Waals surface area contributed by atoms with Crippen molar-refractivity contribution in [2.75, 3.05) is 76.6 Å². The zero-order valence-electron chi connectivity index (χ0n) is 28.9. The van der Waals surface area contributed by atoms with Crippen molar-refractivity contribution in [3.05, 3.63) is 94.8 Å². The number of primary amides is 1. The number of amides is 1. The first-order valence-corrected chi connectivity index (χ1v) is 20.1. The summed E-state index contributed by atoms with van der Waals surface area (Å²) in [5, 5.41) is 5.84. The van der Waals surface area contributed by atoms with E-state index in [1.165, 1.54) is 54.7 Å². The molecule has 1 heterocycles. The summed E-state index contributed by atoms with van der Waals surface area (Å²) in [6, 6.07) is 17.8. The van der Waals surface area contributed by atoms with Crippen molar-refractivity contribution in [3.63, 3.8) is 0 Å². The van der Waals surface area contributed by atoms with E-state index in [-0.39, 0.29) is 59.2 Å². The van der Waals surface area contributed by atoms with Gasteiger partial charge in [-0.3, -0.25) is 8.98 Å². The standard InChI is InChI=1S/C34H40BrFN6O10S2/c35-28-24-38-34(42-33(28)41-30-9-4-8-29(36)31(30)32(37)43)40-25-10-12-26(13-11-25)53(44,45)39-14-17-49-19-21-51-23-22-50-20-18-48-15-5-16-52-54(46,47)27-6-2-1-3-7-27/h1-4,6-13,24,39H,5,14-23H2,(H2,37,43)(H2,38,40,41,42). The molecule has 54 heavy (non-hydrogen) atoms. The van der Waals surface area contributed by atoms with Crippen LogP contribution in [0, 0.1) is 5.82 Å². The van der Waals surface area contributed by atoms with Gasteiger partial charge in [-0.25, -0.2) is 22.5 Å². The first-order chi connectivity index (χ1) is 26.0. The summed E-state index contributed by atoms with van der Waals surface area (Å²) in [6.45, 7) is 2.46. The third-order valence-electron chi connectivity index (χ3n) is 7.04. The molecule has 20 heteroatoms. The van der Waals surface area contributed by atoms with Crippen molar-refractivity contribution in [2.24, 2.45) is 5.73 Å². The SMILES string of the molecule is NC(=O)c1c(F)cccc1Nc1nc(Nc2ccc(S(=O)(=O)NCCOCCOCCOCCOCCCOS(=O)(=O)c3ccccc3)cc2)ncc1Br. The maximum absolute atomic E-state index is 14.2. The second-order valence-corrected chi connectivity index (χ2v) is 15.2. The predicted molar refractivity (Wildman–Crippen MR) is 200 cm³/mol. The molecule has 1 aromatic heterocycles. The van der Waals surface area contributed by atoms with Gasteiger partial charge < -0.3 is 35.3 Å². The van der Waals surface area contributed by atoms with E-state index in [0.29, 0.717) is 56.2 Å². The Kier molecular flexibility index (Phi) is 17.1. The molecule has 0 unspecified atom stereocenters. The Labute approximate surface area is 321 Å². The molecule has 292 valence electrons. The number of hydrogen-bond acceptors (Lipinski definition) is 14. The van der Waals surface area contributed by atoms with Crippen LogP contribution in [0.15, 0.2) is 93.3 Å². The van der Waals surface area contributed by atoms with Crippen molar-refractivity contribution >= 4 is 65.1 Å². The average molecular weight is 856 g/mol. The number of hydrogen-bond donors (Lipinski definition) is 4. The molecule has 3 aromatic carbocycles. The van der Waals surface area contributed by atoms with E-state index >= 15 is 0 Å². The number of carbonyl (C=O) groups excluding carboxylic acids is 1. The molecule has 16 nitrogen and oxygen atoms in total. The quantitative estimate of drug-likeness (QED) is 0.0545. The molecule has 0 bridgehead atoms. The van der Waals surface area contributed by atoms with Gasteiger partial charge in [0.15, 0.2) is 0 Å². The number of anilines is 4. The van der Waals surface area contributed by atoms with Crippen molar-refractivity contribution in [3.8, 4) is 0 Å². The van der Waals surface area contributed by atoms with Crippen LogP contribution in [0.5, 0.6) is 0 Å². The minimum Gasteiger partial charge on any atom is -0.379 e. The highest BCUT2D eigenvalue weighted by atomic mass is 79.9. The number of aromatic nitrogens is 2. The van der Waals surface area contributed by atoms with Gasteiger partial charge in [0.2, 0.25) is 16.0 Å². The lowest BCUT2D eigenvalue weighted by Crippen LogP contribution is -2.27. The lowest BCUT2D eigenvalue weighted by Gasteiger charge is -2.13. The van der Waals surface area contributed by atoms with Crippen molar-refractivity contribution in [2.45, 2.75) is 16.2 Å². The molecule has 0 spiro atoms. The molecule has 0 aliphatic heterocycles. The van der Waals surface area contributed by atoms with Crippen molar-refractivity contribution in [1.29, 1.82) is 0 Å². The van der Waals surface area contributed by atoms with E-state index in [9.17, 15) is 26.0 Å². The van der Waals surface area contributed by atoms with E-state index in [4.69, 9.17) is 28.9 Å². The molecular formula is C34H40BrFN6O10S2. The number of nitrogens with one attached hydrogen (secondary N) is 3. The highest BCUT2D eigenvalue weighted by Crippen LogP contribution is 2.28. The summed E-state index contributed by atoms with van der Waals surface area (Å²) in [4.78, 5) is 20.4. The number of nitrogens with two attached hydrogens (primary N) is 1. The fourth-order valence-corrected chi connectivity index (χ4v) is 6.71. The molecule has 4 rings (SSSR count). The van der Waals surface area contributed by atoms with Gasteiger partial charge in [0.25, 0.3) is 16.0 Å². The maximum Gasteiger partial charge on any atom is 0.296 e. The molecule has 5 N–H and O–H groups in total. The Hall–Kier alpha value is -4.12. The Morgan fingerprint density at radius 3 is 2.02 bits per heavy atom. The second kappa shape index (κ2) is 21.7. The van der Waals surface area contributed by atoms with E-state index in [1.807, 2.05) is 0 Å². The molecule has 0 fully saturated rings. The zero-order chi connectivity index (χ0) is 38.8. The first kappa shape index (κ1) is 42.6. The van der Waals surface area contributed by atoms with Crippen molar-refractivity contribution < 1.29 is 49.2 Å². The van der Waals surface area contributed by atoms with Gasteiger partial charge in [-0.15, -0.1) is 0 Å². The summed E-state index contributed by atoms with van der Waals surface area (Å²) in [7, 11) is -7.58. The zero-order valence-corrected chi connectivity index (χ0v) is 32.1. The van der Waals surface area contributed by atoms with Gasteiger partial charge in [-0.05, 0) is 70.9 Å². The number of benzene rings is 3. The van der Waals surface area contributed by atoms with Crippen LogP contribution in [0.1, 0.15) is 16.8 Å². The first-order valence-electron chi connectivity index (χ1n) is 16.5. The van der Waals surface area contributed by atoms with Crippen LogP contribution in [0.2, 0.25) is 0 Å². The third kappa shape index (κ3) is 13.9. The number of rotatable bonds is 25. The lowest BCUT2D eigenvalue weighted by molar-refractivity contribution is -0.00208. The van der Waals surface area contributed by atoms with E-state index in [1.54, 1.807) is 18.2 Å². The fourth-order valence-electron chi connectivity index (χ4n) is 4.45. The lowest BCUT2D eigenvalue weighted by atomic mass is 10.1. The van der Waals surface area contributed by atoms with Crippen LogP contribution in [0.3, 0.4) is 0 Å². The van der Waals surface area contributed by atoms with E-state index in [0.717, 1.165) is 6.07 Å². The predicted octanol–water partition coefficient (Wildman–Crippen LogP) is 4.10. The van der Waals surface area contributed by atoms with Gasteiger partial charge in [0.1, 0.15) is 11.6 Å². The largest absolute Gasteiger partial charge is 0.379 e. The number of nitrogens with zero attached hydrogens (tertiary/aromatic N) is 2.